The number of fused-ring (bicyclic) bond motifs is 3. The number of nitrogens with zero attached hydrogens (tertiary/aromatic N) is 6. The van der Waals surface area contributed by atoms with Crippen LogP contribution in [0.4, 0.5) is 10.3 Å². The molecule has 3 aromatic heterocycles. The number of hydrogen-bond donors (Lipinski definition) is 0. The van der Waals surface area contributed by atoms with Crippen LogP contribution in [0.2, 0.25) is 0 Å². The van der Waals surface area contributed by atoms with Gasteiger partial charge in [-0.1, -0.05) is 18.2 Å². The van der Waals surface area contributed by atoms with Crippen LogP contribution in [0.15, 0.2) is 66.0 Å². The average Bonchev–Trinajstić information content (AvgIpc) is 3.56. The summed E-state index contributed by atoms with van der Waals surface area (Å²) in [6.45, 7) is 1.17. The number of halogens is 1. The minimum atomic E-state index is -0.339. The Hall–Kier alpha value is -3.85. The van der Waals surface area contributed by atoms with Crippen molar-refractivity contribution in [1.29, 1.82) is 0 Å². The lowest BCUT2D eigenvalue weighted by Crippen LogP contribution is -2.30. The predicted molar refractivity (Wildman–Crippen MR) is 116 cm³/mol. The maximum Gasteiger partial charge on any atom is 0.300 e. The molecule has 152 valence electrons. The van der Waals surface area contributed by atoms with Gasteiger partial charge >= 0.3 is 0 Å². The van der Waals surface area contributed by atoms with E-state index in [1.165, 1.54) is 23.5 Å². The molecule has 0 atom stereocenters. The molecule has 31 heavy (non-hydrogen) atoms. The standard InChI is InChI=1S/C22H15FN6OS/c23-14-7-9-15(10-8-14)29-20(18-6-3-13-31-18)25-19(26-29)21(30)28-12-11-27-17-5-2-1-4-16(17)24-22(27)28/h1-10,13H,11-12H2. The van der Waals surface area contributed by atoms with Gasteiger partial charge in [0, 0.05) is 13.1 Å². The van der Waals surface area contributed by atoms with Gasteiger partial charge in [0.15, 0.2) is 5.82 Å². The third kappa shape index (κ3) is 2.85. The quantitative estimate of drug-likeness (QED) is 0.431. The number of para-hydroxylation sites is 2. The van der Waals surface area contributed by atoms with Crippen molar-refractivity contribution in [2.45, 2.75) is 6.54 Å². The summed E-state index contributed by atoms with van der Waals surface area (Å²) in [5.41, 5.74) is 2.47. The number of amides is 1. The number of benzene rings is 2. The van der Waals surface area contributed by atoms with Crippen LogP contribution in [0, 0.1) is 5.82 Å². The Morgan fingerprint density at radius 2 is 1.81 bits per heavy atom. The van der Waals surface area contributed by atoms with Crippen LogP contribution in [-0.2, 0) is 6.54 Å². The molecule has 0 unspecified atom stereocenters. The minimum absolute atomic E-state index is 0.0771. The highest BCUT2D eigenvalue weighted by Crippen LogP contribution is 2.30. The first kappa shape index (κ1) is 18.0. The summed E-state index contributed by atoms with van der Waals surface area (Å²) in [4.78, 5) is 25.1. The molecular weight excluding hydrogens is 415 g/mol. The van der Waals surface area contributed by atoms with Crippen molar-refractivity contribution in [3.05, 3.63) is 77.7 Å². The summed E-state index contributed by atoms with van der Waals surface area (Å²) >= 11 is 1.50. The number of hydrogen-bond acceptors (Lipinski definition) is 5. The van der Waals surface area contributed by atoms with Gasteiger partial charge < -0.3 is 4.57 Å². The van der Waals surface area contributed by atoms with Gasteiger partial charge in [-0.05, 0) is 47.8 Å². The molecule has 1 aliphatic heterocycles. The smallest absolute Gasteiger partial charge is 0.300 e. The number of imidazole rings is 1. The van der Waals surface area contributed by atoms with Gasteiger partial charge in [-0.25, -0.2) is 19.0 Å². The molecule has 4 heterocycles. The van der Waals surface area contributed by atoms with E-state index in [0.29, 0.717) is 30.5 Å². The van der Waals surface area contributed by atoms with Crippen molar-refractivity contribution in [1.82, 2.24) is 24.3 Å². The van der Waals surface area contributed by atoms with E-state index in [9.17, 15) is 9.18 Å². The molecule has 9 heteroatoms. The zero-order chi connectivity index (χ0) is 20.9. The largest absolute Gasteiger partial charge is 0.308 e. The van der Waals surface area contributed by atoms with E-state index in [-0.39, 0.29) is 17.5 Å². The second kappa shape index (κ2) is 6.85. The minimum Gasteiger partial charge on any atom is -0.308 e. The molecule has 6 rings (SSSR count). The molecule has 0 saturated carbocycles. The van der Waals surface area contributed by atoms with Crippen molar-refractivity contribution >= 4 is 34.2 Å². The molecule has 0 N–H and O–H groups in total. The first-order valence-corrected chi connectivity index (χ1v) is 10.6. The fraction of sp³-hybridized carbons (Fsp3) is 0.0909. The summed E-state index contributed by atoms with van der Waals surface area (Å²) in [7, 11) is 0. The lowest BCUT2D eigenvalue weighted by molar-refractivity contribution is 0.0979. The van der Waals surface area contributed by atoms with Gasteiger partial charge in [0.25, 0.3) is 5.91 Å². The zero-order valence-electron chi connectivity index (χ0n) is 16.1. The van der Waals surface area contributed by atoms with Gasteiger partial charge in [-0.3, -0.25) is 9.69 Å². The van der Waals surface area contributed by atoms with E-state index in [1.807, 2.05) is 46.3 Å². The summed E-state index contributed by atoms with van der Waals surface area (Å²) in [6.07, 6.45) is 0. The van der Waals surface area contributed by atoms with Crippen LogP contribution in [0.3, 0.4) is 0 Å². The van der Waals surface area contributed by atoms with Crippen LogP contribution in [-0.4, -0.2) is 36.8 Å². The maximum atomic E-state index is 13.4. The second-order valence-corrected chi connectivity index (χ2v) is 8.08. The number of rotatable bonds is 3. The predicted octanol–water partition coefficient (Wildman–Crippen LogP) is 4.15. The van der Waals surface area contributed by atoms with Crippen LogP contribution in [0.25, 0.3) is 27.4 Å². The molecule has 2 aromatic carbocycles. The molecule has 1 aliphatic rings. The summed E-state index contributed by atoms with van der Waals surface area (Å²) in [5.74, 6) is 0.564. The first-order chi connectivity index (χ1) is 15.2. The number of thiophene rings is 1. The van der Waals surface area contributed by atoms with E-state index in [2.05, 4.69) is 15.1 Å². The lowest BCUT2D eigenvalue weighted by atomic mass is 10.3. The number of anilines is 1. The molecule has 0 bridgehead atoms. The van der Waals surface area contributed by atoms with Crippen LogP contribution >= 0.6 is 11.3 Å². The lowest BCUT2D eigenvalue weighted by Gasteiger charge is -2.10. The van der Waals surface area contributed by atoms with Crippen LogP contribution < -0.4 is 4.90 Å². The topological polar surface area (TPSA) is 68.8 Å². The van der Waals surface area contributed by atoms with Crippen molar-refractivity contribution in [2.75, 3.05) is 11.4 Å². The number of aromatic nitrogens is 5. The van der Waals surface area contributed by atoms with Crippen molar-refractivity contribution in [2.24, 2.45) is 0 Å². The van der Waals surface area contributed by atoms with Gasteiger partial charge in [-0.15, -0.1) is 16.4 Å². The number of carbonyl (C=O) groups excluding carboxylic acids is 1. The van der Waals surface area contributed by atoms with E-state index in [4.69, 9.17) is 0 Å². The van der Waals surface area contributed by atoms with E-state index < -0.39 is 0 Å². The summed E-state index contributed by atoms with van der Waals surface area (Å²) in [6, 6.07) is 17.6. The Kier molecular flexibility index (Phi) is 3.97. The van der Waals surface area contributed by atoms with Crippen molar-refractivity contribution in [3.8, 4) is 16.4 Å². The van der Waals surface area contributed by atoms with Gasteiger partial charge in [0.05, 0.1) is 21.6 Å². The van der Waals surface area contributed by atoms with Crippen molar-refractivity contribution in [3.63, 3.8) is 0 Å². The van der Waals surface area contributed by atoms with Gasteiger partial charge in [-0.2, -0.15) is 0 Å². The highest BCUT2D eigenvalue weighted by Gasteiger charge is 2.32. The fourth-order valence-electron chi connectivity index (χ4n) is 3.83. The SMILES string of the molecule is O=C(c1nc(-c2cccs2)n(-c2ccc(F)cc2)n1)N1CCn2c1nc1ccccc12. The summed E-state index contributed by atoms with van der Waals surface area (Å²) < 4.78 is 17.0. The molecule has 0 saturated heterocycles. The Labute approximate surface area is 180 Å². The monoisotopic (exact) mass is 430 g/mol. The average molecular weight is 430 g/mol. The maximum absolute atomic E-state index is 13.4. The molecule has 0 radical (unpaired) electrons. The Bertz CT molecular complexity index is 1420. The van der Waals surface area contributed by atoms with E-state index in [0.717, 1.165) is 15.9 Å². The van der Waals surface area contributed by atoms with Crippen LogP contribution in [0.5, 0.6) is 0 Å². The zero-order valence-corrected chi connectivity index (χ0v) is 17.0. The molecule has 1 amide bonds. The molecular formula is C22H15FN6OS. The van der Waals surface area contributed by atoms with E-state index in [1.54, 1.807) is 21.7 Å². The normalized spacial score (nSPS) is 13.1. The molecule has 0 spiro atoms. The molecule has 0 aliphatic carbocycles. The molecule has 7 nitrogen and oxygen atoms in total. The molecule has 0 fully saturated rings. The van der Waals surface area contributed by atoms with Crippen molar-refractivity contribution < 1.29 is 9.18 Å². The number of carbonyl (C=O) groups is 1. The Morgan fingerprint density at radius 3 is 2.61 bits per heavy atom. The molecule has 5 aromatic rings. The fourth-order valence-corrected chi connectivity index (χ4v) is 4.53. The summed E-state index contributed by atoms with van der Waals surface area (Å²) in [5, 5.41) is 6.43. The van der Waals surface area contributed by atoms with E-state index >= 15 is 0 Å². The van der Waals surface area contributed by atoms with Gasteiger partial charge in [0.1, 0.15) is 5.82 Å². The second-order valence-electron chi connectivity index (χ2n) is 7.13. The third-order valence-corrected chi connectivity index (χ3v) is 6.15. The Balaban J connectivity index is 1.44. The third-order valence-electron chi connectivity index (χ3n) is 5.28. The first-order valence-electron chi connectivity index (χ1n) is 9.73. The highest BCUT2D eigenvalue weighted by molar-refractivity contribution is 7.13. The van der Waals surface area contributed by atoms with Gasteiger partial charge in [0.2, 0.25) is 11.8 Å². The van der Waals surface area contributed by atoms with Crippen LogP contribution in [0.1, 0.15) is 10.6 Å². The Morgan fingerprint density at radius 1 is 0.968 bits per heavy atom. The highest BCUT2D eigenvalue weighted by atomic mass is 32.1.